The first-order valence-corrected chi connectivity index (χ1v) is 6.37. The molecule has 1 aromatic carbocycles. The topological polar surface area (TPSA) is 59.2 Å². The van der Waals surface area contributed by atoms with Gasteiger partial charge in [0.25, 0.3) is 5.56 Å². The molecule has 19 heavy (non-hydrogen) atoms. The molecule has 2 rings (SSSR count). The van der Waals surface area contributed by atoms with Crippen LogP contribution in [0.3, 0.4) is 0 Å². The molecule has 0 radical (unpaired) electrons. The zero-order chi connectivity index (χ0) is 14.0. The Morgan fingerprint density at radius 3 is 2.68 bits per heavy atom. The van der Waals surface area contributed by atoms with Gasteiger partial charge in [-0.15, -0.1) is 0 Å². The molecule has 0 aliphatic carbocycles. The third-order valence-corrected chi connectivity index (χ3v) is 3.03. The molecule has 100 valence electrons. The van der Waals surface area contributed by atoms with Gasteiger partial charge in [0.1, 0.15) is 5.56 Å². The van der Waals surface area contributed by atoms with E-state index < -0.39 is 11.5 Å². The second-order valence-corrected chi connectivity index (χ2v) is 4.73. The highest BCUT2D eigenvalue weighted by Gasteiger charge is 2.13. The number of rotatable bonds is 3. The van der Waals surface area contributed by atoms with Gasteiger partial charge in [0.05, 0.1) is 6.61 Å². The lowest BCUT2D eigenvalue weighted by Crippen LogP contribution is -2.19. The van der Waals surface area contributed by atoms with Crippen molar-refractivity contribution in [2.24, 2.45) is 0 Å². The summed E-state index contributed by atoms with van der Waals surface area (Å²) in [5.74, 6) is -0.192. The first kappa shape index (κ1) is 13.3. The van der Waals surface area contributed by atoms with E-state index in [1.165, 1.54) is 0 Å². The lowest BCUT2D eigenvalue weighted by molar-refractivity contribution is 0.0524. The van der Waals surface area contributed by atoms with E-state index in [-0.39, 0.29) is 12.2 Å². The van der Waals surface area contributed by atoms with Crippen LogP contribution in [0.2, 0.25) is 0 Å². The summed E-state index contributed by atoms with van der Waals surface area (Å²) in [5, 5.41) is 0.842. The molecule has 0 aliphatic heterocycles. The summed E-state index contributed by atoms with van der Waals surface area (Å²) < 4.78 is 4.88. The maximum Gasteiger partial charge on any atom is 0.343 e. The molecule has 1 N–H and O–H groups in total. The third-order valence-electron chi connectivity index (χ3n) is 3.03. The highest BCUT2D eigenvalue weighted by molar-refractivity contribution is 5.93. The second kappa shape index (κ2) is 5.26. The Hall–Kier alpha value is -2.10. The van der Waals surface area contributed by atoms with Gasteiger partial charge in [-0.1, -0.05) is 19.9 Å². The van der Waals surface area contributed by atoms with Crippen molar-refractivity contribution >= 4 is 16.9 Å². The normalized spacial score (nSPS) is 10.9. The van der Waals surface area contributed by atoms with Crippen LogP contribution in [-0.2, 0) is 4.74 Å². The van der Waals surface area contributed by atoms with Crippen LogP contribution in [0.25, 0.3) is 10.9 Å². The Balaban J connectivity index is 2.58. The van der Waals surface area contributed by atoms with E-state index >= 15 is 0 Å². The number of H-pyrrole nitrogens is 1. The van der Waals surface area contributed by atoms with Gasteiger partial charge in [-0.05, 0) is 42.0 Å². The molecule has 4 heteroatoms. The van der Waals surface area contributed by atoms with E-state index in [0.717, 1.165) is 16.5 Å². The number of nitrogens with one attached hydrogen (secondary N) is 1. The minimum Gasteiger partial charge on any atom is -0.462 e. The van der Waals surface area contributed by atoms with Gasteiger partial charge < -0.3 is 9.72 Å². The maximum absolute atomic E-state index is 11.8. The van der Waals surface area contributed by atoms with Crippen molar-refractivity contribution in [3.8, 4) is 0 Å². The highest BCUT2D eigenvalue weighted by atomic mass is 16.5. The van der Waals surface area contributed by atoms with Gasteiger partial charge in [0, 0.05) is 5.52 Å². The van der Waals surface area contributed by atoms with Crippen molar-refractivity contribution in [3.63, 3.8) is 0 Å². The maximum atomic E-state index is 11.8. The molecule has 4 nitrogen and oxygen atoms in total. The number of carbonyl (C=O) groups excluding carboxylic acids is 1. The van der Waals surface area contributed by atoms with E-state index in [1.54, 1.807) is 13.0 Å². The van der Waals surface area contributed by atoms with Gasteiger partial charge in [-0.25, -0.2) is 4.79 Å². The number of hydrogen-bond donors (Lipinski definition) is 1. The fourth-order valence-electron chi connectivity index (χ4n) is 1.94. The summed E-state index contributed by atoms with van der Waals surface area (Å²) >= 11 is 0. The van der Waals surface area contributed by atoms with Gasteiger partial charge in [-0.2, -0.15) is 0 Å². The summed E-state index contributed by atoms with van der Waals surface area (Å²) in [5.41, 5.74) is 1.52. The third kappa shape index (κ3) is 2.67. The van der Waals surface area contributed by atoms with E-state index in [2.05, 4.69) is 18.8 Å². The van der Waals surface area contributed by atoms with Gasteiger partial charge in [0.15, 0.2) is 0 Å². The molecule has 0 amide bonds. The first-order valence-electron chi connectivity index (χ1n) is 6.37. The molecule has 0 aliphatic rings. The largest absolute Gasteiger partial charge is 0.462 e. The molecule has 0 fully saturated rings. The number of benzene rings is 1. The van der Waals surface area contributed by atoms with Crippen LogP contribution in [0.15, 0.2) is 29.1 Å². The molecule has 2 aromatic rings. The predicted octanol–water partition coefficient (Wildman–Crippen LogP) is 2.83. The van der Waals surface area contributed by atoms with Crippen molar-refractivity contribution in [2.45, 2.75) is 26.7 Å². The Kier molecular flexibility index (Phi) is 3.69. The predicted molar refractivity (Wildman–Crippen MR) is 74.6 cm³/mol. The lowest BCUT2D eigenvalue weighted by atomic mass is 10.0. The van der Waals surface area contributed by atoms with E-state index in [9.17, 15) is 9.59 Å². The number of aromatic nitrogens is 1. The molecular weight excluding hydrogens is 242 g/mol. The monoisotopic (exact) mass is 259 g/mol. The molecule has 1 aromatic heterocycles. The Labute approximate surface area is 111 Å². The average Bonchev–Trinajstić information content (AvgIpc) is 2.37. The summed E-state index contributed by atoms with van der Waals surface area (Å²) in [6, 6.07) is 7.42. The number of carbonyl (C=O) groups is 1. The summed E-state index contributed by atoms with van der Waals surface area (Å²) in [7, 11) is 0. The average molecular weight is 259 g/mol. The SMILES string of the molecule is CCOC(=O)c1cc2cc(C(C)C)ccc2[nH]c1=O. The lowest BCUT2D eigenvalue weighted by Gasteiger charge is -2.08. The standard InChI is InChI=1S/C15H17NO3/c1-4-19-15(18)12-8-11-7-10(9(2)3)5-6-13(11)16-14(12)17/h5-9H,4H2,1-3H3,(H,16,17). The zero-order valence-electron chi connectivity index (χ0n) is 11.3. The molecule has 0 saturated carbocycles. The molecule has 1 heterocycles. The first-order chi connectivity index (χ1) is 9.02. The van der Waals surface area contributed by atoms with Crippen LogP contribution < -0.4 is 5.56 Å². The van der Waals surface area contributed by atoms with Gasteiger partial charge in [0.2, 0.25) is 0 Å². The summed E-state index contributed by atoms with van der Waals surface area (Å²) in [6.45, 7) is 6.16. The molecule has 0 atom stereocenters. The molecule has 0 saturated heterocycles. The van der Waals surface area contributed by atoms with E-state index in [1.807, 2.05) is 18.2 Å². The van der Waals surface area contributed by atoms with Crippen LogP contribution in [0.5, 0.6) is 0 Å². The minimum atomic E-state index is -0.583. The molecular formula is C15H17NO3. The molecule has 0 bridgehead atoms. The molecule has 0 spiro atoms. The minimum absolute atomic E-state index is 0.0512. The van der Waals surface area contributed by atoms with Crippen molar-refractivity contribution in [1.29, 1.82) is 0 Å². The zero-order valence-corrected chi connectivity index (χ0v) is 11.3. The molecule has 0 unspecified atom stereocenters. The highest BCUT2D eigenvalue weighted by Crippen LogP contribution is 2.20. The van der Waals surface area contributed by atoms with E-state index in [4.69, 9.17) is 4.74 Å². The second-order valence-electron chi connectivity index (χ2n) is 4.73. The summed E-state index contributed by atoms with van der Waals surface area (Å²) in [6.07, 6.45) is 0. The Morgan fingerprint density at radius 2 is 2.05 bits per heavy atom. The van der Waals surface area contributed by atoms with Crippen LogP contribution in [0, 0.1) is 0 Å². The van der Waals surface area contributed by atoms with Gasteiger partial charge in [-0.3, -0.25) is 4.79 Å². The van der Waals surface area contributed by atoms with Crippen molar-refractivity contribution < 1.29 is 9.53 Å². The van der Waals surface area contributed by atoms with Crippen LogP contribution in [0.4, 0.5) is 0 Å². The fourth-order valence-corrected chi connectivity index (χ4v) is 1.94. The van der Waals surface area contributed by atoms with Crippen molar-refractivity contribution in [2.75, 3.05) is 6.61 Å². The van der Waals surface area contributed by atoms with Crippen molar-refractivity contribution in [1.82, 2.24) is 4.98 Å². The quantitative estimate of drug-likeness (QED) is 0.862. The number of fused-ring (bicyclic) bond motifs is 1. The van der Waals surface area contributed by atoms with E-state index in [0.29, 0.717) is 5.92 Å². The fraction of sp³-hybridized carbons (Fsp3) is 0.333. The number of ether oxygens (including phenoxy) is 1. The number of aromatic amines is 1. The summed E-state index contributed by atoms with van der Waals surface area (Å²) in [4.78, 5) is 26.2. The Bertz CT molecular complexity index is 671. The Morgan fingerprint density at radius 1 is 1.32 bits per heavy atom. The number of hydrogen-bond acceptors (Lipinski definition) is 3. The smallest absolute Gasteiger partial charge is 0.343 e. The van der Waals surface area contributed by atoms with Crippen LogP contribution in [-0.4, -0.2) is 17.6 Å². The number of esters is 1. The van der Waals surface area contributed by atoms with Crippen LogP contribution in [0.1, 0.15) is 42.6 Å². The van der Waals surface area contributed by atoms with Crippen molar-refractivity contribution in [3.05, 3.63) is 45.7 Å². The van der Waals surface area contributed by atoms with Gasteiger partial charge >= 0.3 is 5.97 Å². The van der Waals surface area contributed by atoms with Crippen LogP contribution >= 0.6 is 0 Å². The number of pyridine rings is 1.